The Morgan fingerprint density at radius 3 is 2.55 bits per heavy atom. The second-order valence-corrected chi connectivity index (χ2v) is 4.60. The molecule has 0 atom stereocenters. The van der Waals surface area contributed by atoms with Crippen molar-refractivity contribution in [2.45, 2.75) is 0 Å². The highest BCUT2D eigenvalue weighted by Crippen LogP contribution is 2.11. The number of benzene rings is 1. The fourth-order valence-corrected chi connectivity index (χ4v) is 2.03. The van der Waals surface area contributed by atoms with Crippen molar-refractivity contribution in [2.24, 2.45) is 0 Å². The Hall–Kier alpha value is -2.25. The van der Waals surface area contributed by atoms with Crippen LogP contribution in [0.5, 0.6) is 0 Å². The standard InChI is InChI=1S/C13H13N3O3S/c17-6-5-14-12(18)9-1-3-10(4-2-9)16-13(19)11-7-20-8-15-11/h1-4,7-8,17H,5-6H2,(H,14,18)(H,16,19). The maximum Gasteiger partial charge on any atom is 0.275 e. The molecule has 1 aromatic heterocycles. The van der Waals surface area contributed by atoms with E-state index in [0.717, 1.165) is 0 Å². The van der Waals surface area contributed by atoms with Gasteiger partial charge in [-0.15, -0.1) is 11.3 Å². The topological polar surface area (TPSA) is 91.3 Å². The third-order valence-electron chi connectivity index (χ3n) is 2.47. The first-order valence-electron chi connectivity index (χ1n) is 5.89. The molecule has 0 bridgehead atoms. The fraction of sp³-hybridized carbons (Fsp3) is 0.154. The highest BCUT2D eigenvalue weighted by Gasteiger charge is 2.09. The molecule has 0 radical (unpaired) electrons. The molecule has 2 rings (SSSR count). The summed E-state index contributed by atoms with van der Waals surface area (Å²) in [6, 6.07) is 6.48. The van der Waals surface area contributed by atoms with Gasteiger partial charge in [0.2, 0.25) is 0 Å². The molecule has 0 unspecified atom stereocenters. The first-order valence-corrected chi connectivity index (χ1v) is 6.83. The second-order valence-electron chi connectivity index (χ2n) is 3.88. The Kier molecular flexibility index (Phi) is 4.80. The number of thiazole rings is 1. The zero-order valence-corrected chi connectivity index (χ0v) is 11.3. The van der Waals surface area contributed by atoms with Crippen molar-refractivity contribution < 1.29 is 14.7 Å². The van der Waals surface area contributed by atoms with Gasteiger partial charge in [-0.1, -0.05) is 0 Å². The maximum atomic E-state index is 11.8. The molecule has 0 fully saturated rings. The van der Waals surface area contributed by atoms with Crippen LogP contribution in [0, 0.1) is 0 Å². The number of amides is 2. The third-order valence-corrected chi connectivity index (χ3v) is 3.05. The van der Waals surface area contributed by atoms with Crippen molar-refractivity contribution in [2.75, 3.05) is 18.5 Å². The summed E-state index contributed by atoms with van der Waals surface area (Å²) in [5.41, 5.74) is 3.00. The highest BCUT2D eigenvalue weighted by molar-refractivity contribution is 7.07. The van der Waals surface area contributed by atoms with Gasteiger partial charge >= 0.3 is 0 Å². The summed E-state index contributed by atoms with van der Waals surface area (Å²) >= 11 is 1.35. The molecule has 0 aliphatic heterocycles. The summed E-state index contributed by atoms with van der Waals surface area (Å²) in [6.07, 6.45) is 0. The van der Waals surface area contributed by atoms with Gasteiger partial charge in [0.1, 0.15) is 5.69 Å². The van der Waals surface area contributed by atoms with E-state index in [9.17, 15) is 9.59 Å². The van der Waals surface area contributed by atoms with E-state index in [1.807, 2.05) is 0 Å². The lowest BCUT2D eigenvalue weighted by Crippen LogP contribution is -2.26. The number of carbonyl (C=O) groups excluding carboxylic acids is 2. The Morgan fingerprint density at radius 2 is 1.95 bits per heavy atom. The molecule has 0 aliphatic carbocycles. The zero-order chi connectivity index (χ0) is 14.4. The molecule has 7 heteroatoms. The Labute approximate surface area is 119 Å². The summed E-state index contributed by atoms with van der Waals surface area (Å²) < 4.78 is 0. The van der Waals surface area contributed by atoms with Crippen LogP contribution in [-0.4, -0.2) is 35.1 Å². The van der Waals surface area contributed by atoms with E-state index in [4.69, 9.17) is 5.11 Å². The molecular weight excluding hydrogens is 278 g/mol. The van der Waals surface area contributed by atoms with Crippen molar-refractivity contribution in [1.29, 1.82) is 0 Å². The van der Waals surface area contributed by atoms with Gasteiger partial charge in [-0.2, -0.15) is 0 Å². The van der Waals surface area contributed by atoms with Crippen LogP contribution in [0.2, 0.25) is 0 Å². The molecule has 20 heavy (non-hydrogen) atoms. The number of aromatic nitrogens is 1. The lowest BCUT2D eigenvalue weighted by Gasteiger charge is -2.06. The fourth-order valence-electron chi connectivity index (χ4n) is 1.50. The van der Waals surface area contributed by atoms with Crippen molar-refractivity contribution >= 4 is 28.8 Å². The van der Waals surface area contributed by atoms with Crippen molar-refractivity contribution in [1.82, 2.24) is 10.3 Å². The van der Waals surface area contributed by atoms with Crippen LogP contribution in [0.1, 0.15) is 20.8 Å². The number of nitrogens with zero attached hydrogens (tertiary/aromatic N) is 1. The number of anilines is 1. The van der Waals surface area contributed by atoms with E-state index >= 15 is 0 Å². The number of hydrogen-bond donors (Lipinski definition) is 3. The van der Waals surface area contributed by atoms with Gasteiger partial charge in [0.05, 0.1) is 12.1 Å². The van der Waals surface area contributed by atoms with E-state index < -0.39 is 0 Å². The van der Waals surface area contributed by atoms with E-state index in [2.05, 4.69) is 15.6 Å². The molecule has 0 saturated carbocycles. The number of carbonyl (C=O) groups is 2. The lowest BCUT2D eigenvalue weighted by atomic mass is 10.2. The van der Waals surface area contributed by atoms with Gasteiger partial charge in [-0.05, 0) is 24.3 Å². The van der Waals surface area contributed by atoms with Crippen LogP contribution in [-0.2, 0) is 0 Å². The third kappa shape index (κ3) is 3.62. The van der Waals surface area contributed by atoms with Gasteiger partial charge in [0, 0.05) is 23.2 Å². The zero-order valence-electron chi connectivity index (χ0n) is 10.5. The van der Waals surface area contributed by atoms with Gasteiger partial charge < -0.3 is 15.7 Å². The molecule has 0 saturated heterocycles. The quantitative estimate of drug-likeness (QED) is 0.770. The van der Waals surface area contributed by atoms with E-state index in [1.165, 1.54) is 11.3 Å². The number of aliphatic hydroxyl groups excluding tert-OH is 1. The van der Waals surface area contributed by atoms with Crippen LogP contribution in [0.25, 0.3) is 0 Å². The molecule has 104 valence electrons. The molecule has 1 aromatic carbocycles. The second kappa shape index (κ2) is 6.78. The van der Waals surface area contributed by atoms with E-state index in [0.29, 0.717) is 16.9 Å². The largest absolute Gasteiger partial charge is 0.395 e. The molecule has 6 nitrogen and oxygen atoms in total. The SMILES string of the molecule is O=C(NCCO)c1ccc(NC(=O)c2cscn2)cc1. The molecule has 3 N–H and O–H groups in total. The smallest absolute Gasteiger partial charge is 0.275 e. The monoisotopic (exact) mass is 291 g/mol. The first kappa shape index (κ1) is 14.2. The number of hydrogen-bond acceptors (Lipinski definition) is 5. The van der Waals surface area contributed by atoms with Crippen LogP contribution >= 0.6 is 11.3 Å². The van der Waals surface area contributed by atoms with Gasteiger partial charge in [-0.25, -0.2) is 4.98 Å². The predicted molar refractivity (Wildman–Crippen MR) is 75.9 cm³/mol. The van der Waals surface area contributed by atoms with Crippen LogP contribution < -0.4 is 10.6 Å². The molecule has 1 heterocycles. The molecule has 2 amide bonds. The van der Waals surface area contributed by atoms with Crippen LogP contribution in [0.3, 0.4) is 0 Å². The Balaban J connectivity index is 1.98. The number of nitrogens with one attached hydrogen (secondary N) is 2. The summed E-state index contributed by atoms with van der Waals surface area (Å²) in [7, 11) is 0. The number of rotatable bonds is 5. The molecule has 2 aromatic rings. The number of aliphatic hydroxyl groups is 1. The maximum absolute atomic E-state index is 11.8. The highest BCUT2D eigenvalue weighted by atomic mass is 32.1. The Morgan fingerprint density at radius 1 is 1.20 bits per heavy atom. The summed E-state index contributed by atoms with van der Waals surface area (Å²) in [5.74, 6) is -0.555. The first-order chi connectivity index (χ1) is 9.70. The molecule has 0 spiro atoms. The molecular formula is C13H13N3O3S. The van der Waals surface area contributed by atoms with Crippen LogP contribution in [0.15, 0.2) is 35.2 Å². The predicted octanol–water partition coefficient (Wildman–Crippen LogP) is 1.12. The van der Waals surface area contributed by atoms with E-state index in [1.54, 1.807) is 35.2 Å². The van der Waals surface area contributed by atoms with Gasteiger partial charge in [0.25, 0.3) is 11.8 Å². The summed E-state index contributed by atoms with van der Waals surface area (Å²) in [5, 5.41) is 15.5. The Bertz CT molecular complexity index is 581. The average molecular weight is 291 g/mol. The normalized spacial score (nSPS) is 10.1. The molecule has 0 aliphatic rings. The average Bonchev–Trinajstić information content (AvgIpc) is 3.00. The van der Waals surface area contributed by atoms with Gasteiger partial charge in [-0.3, -0.25) is 9.59 Å². The van der Waals surface area contributed by atoms with Crippen molar-refractivity contribution in [3.8, 4) is 0 Å². The summed E-state index contributed by atoms with van der Waals surface area (Å²) in [6.45, 7) is 0.106. The van der Waals surface area contributed by atoms with E-state index in [-0.39, 0.29) is 25.0 Å². The minimum Gasteiger partial charge on any atom is -0.395 e. The lowest BCUT2D eigenvalue weighted by molar-refractivity contribution is 0.0944. The minimum absolute atomic E-state index is 0.104. The van der Waals surface area contributed by atoms with Crippen molar-refractivity contribution in [3.63, 3.8) is 0 Å². The van der Waals surface area contributed by atoms with Crippen LogP contribution in [0.4, 0.5) is 5.69 Å². The minimum atomic E-state index is -0.288. The van der Waals surface area contributed by atoms with Gasteiger partial charge in [0.15, 0.2) is 0 Å². The summed E-state index contributed by atoms with van der Waals surface area (Å²) in [4.78, 5) is 27.3. The van der Waals surface area contributed by atoms with Crippen molar-refractivity contribution in [3.05, 3.63) is 46.4 Å².